The van der Waals surface area contributed by atoms with Crippen LogP contribution in [0.3, 0.4) is 0 Å². The molecule has 1 aliphatic carbocycles. The van der Waals surface area contributed by atoms with E-state index in [9.17, 15) is 18.0 Å². The molecule has 0 spiro atoms. The van der Waals surface area contributed by atoms with Crippen LogP contribution in [0, 0.1) is 0 Å². The fourth-order valence-electron chi connectivity index (χ4n) is 1.79. The lowest BCUT2D eigenvalue weighted by Crippen LogP contribution is -2.49. The molecular formula is C12H21F3N2O2. The van der Waals surface area contributed by atoms with Gasteiger partial charge in [0.1, 0.15) is 6.04 Å². The minimum atomic E-state index is -4.26. The number of nitrogens with zero attached hydrogens (tertiary/aromatic N) is 1. The van der Waals surface area contributed by atoms with Crippen molar-refractivity contribution < 1.29 is 22.7 Å². The zero-order valence-electron chi connectivity index (χ0n) is 11.3. The Kier molecular flexibility index (Phi) is 6.06. The third kappa shape index (κ3) is 6.77. The topological polar surface area (TPSA) is 41.6 Å². The second-order valence-corrected chi connectivity index (χ2v) is 4.69. The average molecular weight is 282 g/mol. The fourth-order valence-corrected chi connectivity index (χ4v) is 1.79. The van der Waals surface area contributed by atoms with Crippen LogP contribution in [0.15, 0.2) is 0 Å². The van der Waals surface area contributed by atoms with E-state index in [1.165, 1.54) is 4.90 Å². The molecule has 0 amide bonds. The van der Waals surface area contributed by atoms with Crippen molar-refractivity contribution in [1.29, 1.82) is 0 Å². The van der Waals surface area contributed by atoms with Gasteiger partial charge in [-0.1, -0.05) is 6.92 Å². The van der Waals surface area contributed by atoms with Crippen molar-refractivity contribution in [2.75, 3.05) is 26.2 Å². The smallest absolute Gasteiger partial charge is 0.401 e. The molecule has 0 heterocycles. The van der Waals surface area contributed by atoms with Crippen LogP contribution in [0.1, 0.15) is 26.7 Å². The third-order valence-corrected chi connectivity index (χ3v) is 2.88. The second-order valence-electron chi connectivity index (χ2n) is 4.69. The maximum absolute atomic E-state index is 12.4. The Bertz CT molecular complexity index is 293. The van der Waals surface area contributed by atoms with Crippen LogP contribution in [0.5, 0.6) is 0 Å². The van der Waals surface area contributed by atoms with Gasteiger partial charge in [-0.25, -0.2) is 0 Å². The molecule has 112 valence electrons. The summed E-state index contributed by atoms with van der Waals surface area (Å²) in [5.41, 5.74) is 0. The lowest BCUT2D eigenvalue weighted by atomic mass is 10.2. The van der Waals surface area contributed by atoms with Gasteiger partial charge in [-0.2, -0.15) is 13.2 Å². The number of rotatable bonds is 8. The van der Waals surface area contributed by atoms with E-state index in [2.05, 4.69) is 5.32 Å². The molecule has 0 saturated heterocycles. The normalized spacial score (nSPS) is 17.6. The van der Waals surface area contributed by atoms with Crippen LogP contribution in [-0.4, -0.2) is 55.4 Å². The molecule has 0 aromatic rings. The summed E-state index contributed by atoms with van der Waals surface area (Å²) >= 11 is 0. The molecule has 4 nitrogen and oxygen atoms in total. The zero-order chi connectivity index (χ0) is 14.5. The number of hydrogen-bond donors (Lipinski definition) is 1. The molecule has 0 aromatic carbocycles. The first kappa shape index (κ1) is 16.2. The first-order chi connectivity index (χ1) is 8.85. The Morgan fingerprint density at radius 3 is 2.47 bits per heavy atom. The number of nitrogens with one attached hydrogen (secondary N) is 1. The first-order valence-electron chi connectivity index (χ1n) is 6.57. The molecule has 1 N–H and O–H groups in total. The van der Waals surface area contributed by atoms with Crippen molar-refractivity contribution >= 4 is 5.97 Å². The zero-order valence-corrected chi connectivity index (χ0v) is 11.3. The molecule has 0 bridgehead atoms. The second kappa shape index (κ2) is 7.09. The minimum Gasteiger partial charge on any atom is -0.465 e. The van der Waals surface area contributed by atoms with E-state index < -0.39 is 24.7 Å². The number of esters is 1. The van der Waals surface area contributed by atoms with Crippen LogP contribution in [0.25, 0.3) is 0 Å². The average Bonchev–Trinajstić information content (AvgIpc) is 3.09. The van der Waals surface area contributed by atoms with Gasteiger partial charge in [0.25, 0.3) is 0 Å². The summed E-state index contributed by atoms with van der Waals surface area (Å²) in [5.74, 6) is -0.477. The van der Waals surface area contributed by atoms with Gasteiger partial charge in [-0.15, -0.1) is 0 Å². The molecule has 1 unspecified atom stereocenters. The monoisotopic (exact) mass is 282 g/mol. The Labute approximate surface area is 111 Å². The van der Waals surface area contributed by atoms with Crippen molar-refractivity contribution in [2.24, 2.45) is 0 Å². The van der Waals surface area contributed by atoms with Crippen molar-refractivity contribution in [1.82, 2.24) is 10.2 Å². The highest BCUT2D eigenvalue weighted by atomic mass is 19.4. The summed E-state index contributed by atoms with van der Waals surface area (Å²) in [7, 11) is 0. The van der Waals surface area contributed by atoms with Gasteiger partial charge in [-0.3, -0.25) is 9.69 Å². The summed E-state index contributed by atoms with van der Waals surface area (Å²) < 4.78 is 42.1. The number of hydrogen-bond acceptors (Lipinski definition) is 4. The number of halogens is 3. The number of alkyl halides is 3. The van der Waals surface area contributed by atoms with Gasteiger partial charge in [0, 0.05) is 12.6 Å². The summed E-state index contributed by atoms with van der Waals surface area (Å²) in [6, 6.07) is -0.450. The van der Waals surface area contributed by atoms with Gasteiger partial charge in [0.2, 0.25) is 0 Å². The van der Waals surface area contributed by atoms with Gasteiger partial charge >= 0.3 is 12.1 Å². The summed E-state index contributed by atoms with van der Waals surface area (Å²) in [6.45, 7) is 2.80. The van der Waals surface area contributed by atoms with E-state index in [4.69, 9.17) is 4.74 Å². The number of carbonyl (C=O) groups excluding carboxylic acids is 1. The molecule has 1 atom stereocenters. The van der Waals surface area contributed by atoms with E-state index in [-0.39, 0.29) is 25.7 Å². The summed E-state index contributed by atoms with van der Waals surface area (Å²) in [6.07, 6.45) is -2.34. The van der Waals surface area contributed by atoms with Crippen molar-refractivity contribution in [3.05, 3.63) is 0 Å². The molecule has 0 aromatic heterocycles. The Balaban J connectivity index is 2.54. The highest BCUT2D eigenvalue weighted by molar-refractivity contribution is 5.76. The molecule has 1 fully saturated rings. The van der Waals surface area contributed by atoms with Crippen molar-refractivity contribution in [2.45, 2.75) is 44.9 Å². The van der Waals surface area contributed by atoms with Crippen LogP contribution in [0.4, 0.5) is 13.2 Å². The highest BCUT2D eigenvalue weighted by Crippen LogP contribution is 2.21. The van der Waals surface area contributed by atoms with Crippen LogP contribution in [0.2, 0.25) is 0 Å². The molecule has 1 aliphatic rings. The summed E-state index contributed by atoms with van der Waals surface area (Å²) in [4.78, 5) is 12.9. The molecule has 0 radical (unpaired) electrons. The van der Waals surface area contributed by atoms with Crippen LogP contribution in [-0.2, 0) is 9.53 Å². The first-order valence-corrected chi connectivity index (χ1v) is 6.57. The Morgan fingerprint density at radius 2 is 2.05 bits per heavy atom. The molecule has 19 heavy (non-hydrogen) atoms. The molecule has 1 saturated carbocycles. The van der Waals surface area contributed by atoms with Crippen LogP contribution >= 0.6 is 0 Å². The van der Waals surface area contributed by atoms with Gasteiger partial charge in [-0.05, 0) is 26.3 Å². The molecule has 1 rings (SSSR count). The van der Waals surface area contributed by atoms with Gasteiger partial charge in [0.05, 0.1) is 13.2 Å². The number of carbonyl (C=O) groups is 1. The molecule has 7 heteroatoms. The predicted molar refractivity (Wildman–Crippen MR) is 64.7 cm³/mol. The molecular weight excluding hydrogens is 261 g/mol. The SMILES string of the molecule is CCOC(=O)C(CN(CC)CC(F)(F)F)NC1CC1. The summed E-state index contributed by atoms with van der Waals surface area (Å²) in [5, 5.41) is 3.04. The van der Waals surface area contributed by atoms with Gasteiger partial charge < -0.3 is 10.1 Å². The minimum absolute atomic E-state index is 0.0192. The van der Waals surface area contributed by atoms with Gasteiger partial charge in [0.15, 0.2) is 0 Å². The predicted octanol–water partition coefficient (Wildman–Crippen LogP) is 1.55. The number of ether oxygens (including phenoxy) is 1. The Morgan fingerprint density at radius 1 is 1.42 bits per heavy atom. The molecule has 0 aliphatic heterocycles. The lowest BCUT2D eigenvalue weighted by Gasteiger charge is -2.26. The highest BCUT2D eigenvalue weighted by Gasteiger charge is 2.34. The maximum Gasteiger partial charge on any atom is 0.401 e. The van der Waals surface area contributed by atoms with Crippen LogP contribution < -0.4 is 5.32 Å². The van der Waals surface area contributed by atoms with E-state index in [0.717, 1.165) is 12.8 Å². The van der Waals surface area contributed by atoms with E-state index >= 15 is 0 Å². The quantitative estimate of drug-likeness (QED) is 0.686. The Hall–Kier alpha value is -0.820. The van der Waals surface area contributed by atoms with E-state index in [1.54, 1.807) is 13.8 Å². The third-order valence-electron chi connectivity index (χ3n) is 2.88. The van der Waals surface area contributed by atoms with Crippen molar-refractivity contribution in [3.63, 3.8) is 0 Å². The van der Waals surface area contributed by atoms with E-state index in [1.807, 2.05) is 0 Å². The number of likely N-dealkylation sites (N-methyl/N-ethyl adjacent to an activating group) is 1. The lowest BCUT2D eigenvalue weighted by molar-refractivity contribution is -0.154. The standard InChI is InChI=1S/C12H21F3N2O2/c1-3-17(8-12(13,14)15)7-10(11(18)19-4-2)16-9-5-6-9/h9-10,16H,3-8H2,1-2H3. The largest absolute Gasteiger partial charge is 0.465 e. The van der Waals surface area contributed by atoms with Crippen molar-refractivity contribution in [3.8, 4) is 0 Å². The van der Waals surface area contributed by atoms with E-state index in [0.29, 0.717) is 0 Å². The fraction of sp³-hybridized carbons (Fsp3) is 0.917. The maximum atomic E-state index is 12.4.